The molecule has 21 heavy (non-hydrogen) atoms. The smallest absolute Gasteiger partial charge is 0.223 e. The number of anilines is 1. The Labute approximate surface area is 125 Å². The van der Waals surface area contributed by atoms with Gasteiger partial charge in [0.1, 0.15) is 6.09 Å². The third kappa shape index (κ3) is 4.57. The third-order valence-electron chi connectivity index (χ3n) is 2.72. The number of rotatable bonds is 5. The molecule has 2 rings (SSSR count). The van der Waals surface area contributed by atoms with Crippen LogP contribution < -0.4 is 15.7 Å². The Bertz CT molecular complexity index is 637. The van der Waals surface area contributed by atoms with Crippen LogP contribution in [0.5, 0.6) is 0 Å². The van der Waals surface area contributed by atoms with Crippen molar-refractivity contribution in [1.82, 2.24) is 10.3 Å². The number of aromatic nitrogens is 1. The fourth-order valence-corrected chi connectivity index (χ4v) is 2.53. The summed E-state index contributed by atoms with van der Waals surface area (Å²) in [5.41, 5.74) is 2.76. The molecule has 0 bridgehead atoms. The largest absolute Gasteiger partial charge is 0.530 e. The second-order valence-corrected chi connectivity index (χ2v) is 5.24. The second kappa shape index (κ2) is 6.85. The molecule has 0 aliphatic carbocycles. The van der Waals surface area contributed by atoms with Crippen LogP contribution in [0.3, 0.4) is 0 Å². The average Bonchev–Trinajstić information content (AvgIpc) is 2.87. The van der Waals surface area contributed by atoms with E-state index in [4.69, 9.17) is 0 Å². The normalized spacial score (nSPS) is 10.1. The quantitative estimate of drug-likeness (QED) is 0.869. The maximum Gasteiger partial charge on any atom is 0.223 e. The topological polar surface area (TPSA) is 94.2 Å². The fraction of sp³-hybridized carbons (Fsp3) is 0.214. The van der Waals surface area contributed by atoms with Crippen LogP contribution in [0.1, 0.15) is 12.5 Å². The molecular weight excluding hydrogens is 290 g/mol. The molecule has 0 aliphatic rings. The molecule has 110 valence electrons. The van der Waals surface area contributed by atoms with E-state index in [1.165, 1.54) is 18.3 Å². The highest BCUT2D eigenvalue weighted by atomic mass is 32.1. The first kappa shape index (κ1) is 15.0. The molecule has 0 fully saturated rings. The maximum absolute atomic E-state index is 11.0. The van der Waals surface area contributed by atoms with E-state index in [-0.39, 0.29) is 5.91 Å². The Kier molecular flexibility index (Phi) is 4.89. The van der Waals surface area contributed by atoms with Gasteiger partial charge in [-0.25, -0.2) is 4.98 Å². The molecule has 2 amide bonds. The van der Waals surface area contributed by atoms with Gasteiger partial charge in [0.15, 0.2) is 5.13 Å². The van der Waals surface area contributed by atoms with Crippen LogP contribution in [0.4, 0.5) is 9.93 Å². The van der Waals surface area contributed by atoms with Gasteiger partial charge in [-0.1, -0.05) is 24.3 Å². The zero-order valence-electron chi connectivity index (χ0n) is 11.4. The van der Waals surface area contributed by atoms with E-state index in [1.54, 1.807) is 0 Å². The van der Waals surface area contributed by atoms with Gasteiger partial charge in [-0.15, -0.1) is 11.3 Å². The van der Waals surface area contributed by atoms with E-state index in [1.807, 2.05) is 29.6 Å². The number of nitrogens with zero attached hydrogens (tertiary/aromatic N) is 1. The van der Waals surface area contributed by atoms with Gasteiger partial charge in [-0.3, -0.25) is 4.79 Å². The van der Waals surface area contributed by atoms with Crippen LogP contribution >= 0.6 is 11.3 Å². The zero-order valence-corrected chi connectivity index (χ0v) is 12.2. The van der Waals surface area contributed by atoms with E-state index in [0.717, 1.165) is 16.8 Å². The van der Waals surface area contributed by atoms with Crippen molar-refractivity contribution in [2.24, 2.45) is 0 Å². The van der Waals surface area contributed by atoms with Crippen LogP contribution in [0, 0.1) is 0 Å². The Morgan fingerprint density at radius 3 is 2.62 bits per heavy atom. The summed E-state index contributed by atoms with van der Waals surface area (Å²) in [4.78, 5) is 25.5. The van der Waals surface area contributed by atoms with E-state index in [9.17, 15) is 14.7 Å². The third-order valence-corrected chi connectivity index (χ3v) is 3.48. The minimum absolute atomic E-state index is 0.147. The summed E-state index contributed by atoms with van der Waals surface area (Å²) in [7, 11) is 0. The molecule has 0 radical (unpaired) electrons. The standard InChI is InChI=1S/C14H15N3O3S/c1-9(18)16-13-17-12(8-21-13)11-4-2-10(3-5-11)6-7-15-14(19)20/h2-5,8,15H,6-7H2,1H3,(H,19,20)(H,16,17,18)/p-1. The first-order valence-corrected chi connectivity index (χ1v) is 7.20. The second-order valence-electron chi connectivity index (χ2n) is 4.38. The van der Waals surface area contributed by atoms with Gasteiger partial charge in [0.2, 0.25) is 5.91 Å². The maximum atomic E-state index is 11.0. The number of carboxylic acid groups (broad SMARTS) is 1. The Balaban J connectivity index is 1.99. The van der Waals surface area contributed by atoms with E-state index >= 15 is 0 Å². The monoisotopic (exact) mass is 304 g/mol. The van der Waals surface area contributed by atoms with Crippen molar-refractivity contribution in [1.29, 1.82) is 0 Å². The minimum atomic E-state index is -1.26. The molecule has 0 spiro atoms. The lowest BCUT2D eigenvalue weighted by Crippen LogP contribution is -2.37. The van der Waals surface area contributed by atoms with Gasteiger partial charge in [-0.2, -0.15) is 0 Å². The highest BCUT2D eigenvalue weighted by Crippen LogP contribution is 2.25. The predicted molar refractivity (Wildman–Crippen MR) is 79.0 cm³/mol. The summed E-state index contributed by atoms with van der Waals surface area (Å²) in [5.74, 6) is -0.147. The lowest BCUT2D eigenvalue weighted by Gasteiger charge is -2.06. The SMILES string of the molecule is CC(=O)Nc1nc(-c2ccc(CCNC(=O)[O-])cc2)cs1. The highest BCUT2D eigenvalue weighted by Gasteiger charge is 2.05. The molecule has 2 N–H and O–H groups in total. The summed E-state index contributed by atoms with van der Waals surface area (Å²) in [6.07, 6.45) is -0.665. The van der Waals surface area contributed by atoms with Crippen LogP contribution in [-0.4, -0.2) is 23.5 Å². The Morgan fingerprint density at radius 2 is 2.00 bits per heavy atom. The molecule has 0 atom stereocenters. The summed E-state index contributed by atoms with van der Waals surface area (Å²) in [6.45, 7) is 1.77. The molecule has 2 aromatic rings. The predicted octanol–water partition coefficient (Wildman–Crippen LogP) is 1.24. The van der Waals surface area contributed by atoms with E-state index in [0.29, 0.717) is 18.1 Å². The van der Waals surface area contributed by atoms with Crippen molar-refractivity contribution in [2.45, 2.75) is 13.3 Å². The average molecular weight is 304 g/mol. The number of carbonyl (C=O) groups excluding carboxylic acids is 2. The number of hydrogen-bond acceptors (Lipinski definition) is 5. The summed E-state index contributed by atoms with van der Waals surface area (Å²) in [6, 6.07) is 7.68. The number of amides is 2. The minimum Gasteiger partial charge on any atom is -0.530 e. The number of carbonyl (C=O) groups is 2. The molecular formula is C14H14N3O3S-. The van der Waals surface area contributed by atoms with Crippen LogP contribution in [-0.2, 0) is 11.2 Å². The molecule has 1 aromatic carbocycles. The van der Waals surface area contributed by atoms with Gasteiger partial charge in [-0.05, 0) is 12.0 Å². The molecule has 0 saturated heterocycles. The Hall–Kier alpha value is -2.41. The van der Waals surface area contributed by atoms with Crippen molar-refractivity contribution in [3.05, 3.63) is 35.2 Å². The van der Waals surface area contributed by atoms with Crippen molar-refractivity contribution >= 4 is 28.5 Å². The van der Waals surface area contributed by atoms with E-state index in [2.05, 4.69) is 15.6 Å². The molecule has 0 saturated carbocycles. The molecule has 0 aliphatic heterocycles. The molecule has 6 nitrogen and oxygen atoms in total. The number of benzene rings is 1. The van der Waals surface area contributed by atoms with Gasteiger partial charge in [0.05, 0.1) is 5.69 Å². The van der Waals surface area contributed by atoms with Gasteiger partial charge in [0.25, 0.3) is 0 Å². The Morgan fingerprint density at radius 1 is 1.29 bits per heavy atom. The number of thiazole rings is 1. The van der Waals surface area contributed by atoms with Gasteiger partial charge in [0, 0.05) is 24.4 Å². The highest BCUT2D eigenvalue weighted by molar-refractivity contribution is 7.14. The molecule has 0 unspecified atom stereocenters. The van der Waals surface area contributed by atoms with Crippen molar-refractivity contribution in [2.75, 3.05) is 11.9 Å². The van der Waals surface area contributed by atoms with Crippen molar-refractivity contribution in [3.63, 3.8) is 0 Å². The molecule has 7 heteroatoms. The summed E-state index contributed by atoms with van der Waals surface area (Å²) >= 11 is 1.37. The molecule has 1 aromatic heterocycles. The van der Waals surface area contributed by atoms with Crippen LogP contribution in [0.2, 0.25) is 0 Å². The number of nitrogens with one attached hydrogen (secondary N) is 2. The fourth-order valence-electron chi connectivity index (χ4n) is 1.77. The van der Waals surface area contributed by atoms with Crippen LogP contribution in [0.25, 0.3) is 11.3 Å². The lowest BCUT2D eigenvalue weighted by atomic mass is 10.1. The first-order valence-electron chi connectivity index (χ1n) is 6.32. The van der Waals surface area contributed by atoms with Crippen LogP contribution in [0.15, 0.2) is 29.6 Å². The lowest BCUT2D eigenvalue weighted by molar-refractivity contribution is -0.250. The van der Waals surface area contributed by atoms with Gasteiger partial charge < -0.3 is 20.5 Å². The zero-order chi connectivity index (χ0) is 15.2. The summed E-state index contributed by atoms with van der Waals surface area (Å²) in [5, 5.41) is 17.6. The van der Waals surface area contributed by atoms with Crippen molar-refractivity contribution < 1.29 is 14.7 Å². The first-order chi connectivity index (χ1) is 10.0. The number of hydrogen-bond donors (Lipinski definition) is 2. The van der Waals surface area contributed by atoms with Crippen molar-refractivity contribution in [3.8, 4) is 11.3 Å². The molecule has 1 heterocycles. The van der Waals surface area contributed by atoms with E-state index < -0.39 is 6.09 Å². The summed E-state index contributed by atoms with van der Waals surface area (Å²) < 4.78 is 0. The van der Waals surface area contributed by atoms with Gasteiger partial charge >= 0.3 is 0 Å².